The molecular formula is C14H18N4OS. The van der Waals surface area contributed by atoms with E-state index >= 15 is 0 Å². The van der Waals surface area contributed by atoms with Gasteiger partial charge in [-0.2, -0.15) is 0 Å². The van der Waals surface area contributed by atoms with E-state index in [4.69, 9.17) is 0 Å². The lowest BCUT2D eigenvalue weighted by Crippen LogP contribution is -2.30. The number of amides is 2. The van der Waals surface area contributed by atoms with Crippen molar-refractivity contribution in [2.75, 3.05) is 12.4 Å². The number of anilines is 1. The average Bonchev–Trinajstić information content (AvgIpc) is 2.87. The lowest BCUT2D eigenvalue weighted by atomic mass is 10.3. The van der Waals surface area contributed by atoms with Crippen LogP contribution in [0, 0.1) is 0 Å². The molecule has 1 N–H and O–H groups in total. The number of thiazole rings is 1. The van der Waals surface area contributed by atoms with Crippen molar-refractivity contribution >= 4 is 22.5 Å². The summed E-state index contributed by atoms with van der Waals surface area (Å²) in [6, 6.07) is 3.64. The fourth-order valence-corrected chi connectivity index (χ4v) is 2.49. The van der Waals surface area contributed by atoms with Crippen LogP contribution >= 0.6 is 11.3 Å². The number of nitrogens with one attached hydrogen (secondary N) is 1. The summed E-state index contributed by atoms with van der Waals surface area (Å²) in [5, 5.41) is 5.45. The van der Waals surface area contributed by atoms with Gasteiger partial charge in [-0.25, -0.2) is 9.78 Å². The summed E-state index contributed by atoms with van der Waals surface area (Å²) in [7, 11) is 1.75. The minimum Gasteiger partial charge on any atom is -0.323 e. The Labute approximate surface area is 122 Å². The summed E-state index contributed by atoms with van der Waals surface area (Å²) in [5.41, 5.74) is 2.03. The number of urea groups is 1. The van der Waals surface area contributed by atoms with Crippen LogP contribution in [-0.4, -0.2) is 27.9 Å². The zero-order valence-corrected chi connectivity index (χ0v) is 12.5. The van der Waals surface area contributed by atoms with Crippen molar-refractivity contribution in [1.29, 1.82) is 0 Å². The fourth-order valence-electron chi connectivity index (χ4n) is 1.76. The topological polar surface area (TPSA) is 58.1 Å². The van der Waals surface area contributed by atoms with Gasteiger partial charge >= 0.3 is 6.03 Å². The molecular weight excluding hydrogens is 272 g/mol. The number of carbonyl (C=O) groups excluding carboxylic acids is 1. The molecule has 20 heavy (non-hydrogen) atoms. The first-order valence-electron chi connectivity index (χ1n) is 6.54. The third kappa shape index (κ3) is 4.03. The van der Waals surface area contributed by atoms with Gasteiger partial charge in [0.2, 0.25) is 0 Å². The molecule has 0 aromatic carbocycles. The number of hydrogen-bond donors (Lipinski definition) is 1. The SMILES string of the molecule is CCCc1csc(NC(=O)N(C)Cc2cccnc2)n1. The highest BCUT2D eigenvalue weighted by Crippen LogP contribution is 2.17. The van der Waals surface area contributed by atoms with Crippen molar-refractivity contribution < 1.29 is 4.79 Å². The van der Waals surface area contributed by atoms with Crippen molar-refractivity contribution in [2.45, 2.75) is 26.3 Å². The quantitative estimate of drug-likeness (QED) is 0.920. The molecule has 0 bridgehead atoms. The Kier molecular flexibility index (Phi) is 5.06. The molecule has 0 atom stereocenters. The van der Waals surface area contributed by atoms with Gasteiger partial charge in [-0.05, 0) is 18.1 Å². The zero-order valence-electron chi connectivity index (χ0n) is 11.7. The fraction of sp³-hybridized carbons (Fsp3) is 0.357. The van der Waals surface area contributed by atoms with E-state index in [1.165, 1.54) is 11.3 Å². The third-order valence-electron chi connectivity index (χ3n) is 2.76. The Morgan fingerprint density at radius 3 is 3.05 bits per heavy atom. The first-order chi connectivity index (χ1) is 9.69. The number of nitrogens with zero attached hydrogens (tertiary/aromatic N) is 3. The number of aromatic nitrogens is 2. The van der Waals surface area contributed by atoms with Gasteiger partial charge in [0.15, 0.2) is 5.13 Å². The van der Waals surface area contributed by atoms with Crippen LogP contribution in [0.3, 0.4) is 0 Å². The average molecular weight is 290 g/mol. The van der Waals surface area contributed by atoms with E-state index in [1.807, 2.05) is 17.5 Å². The Morgan fingerprint density at radius 1 is 1.50 bits per heavy atom. The van der Waals surface area contributed by atoms with E-state index in [-0.39, 0.29) is 6.03 Å². The molecule has 0 radical (unpaired) electrons. The highest BCUT2D eigenvalue weighted by molar-refractivity contribution is 7.13. The molecule has 6 heteroatoms. The van der Waals surface area contributed by atoms with Gasteiger partial charge in [0, 0.05) is 31.4 Å². The summed E-state index contributed by atoms with van der Waals surface area (Å²) in [5.74, 6) is 0. The summed E-state index contributed by atoms with van der Waals surface area (Å²) in [4.78, 5) is 22.1. The largest absolute Gasteiger partial charge is 0.323 e. The smallest absolute Gasteiger partial charge is 0.323 e. The molecule has 2 heterocycles. The third-order valence-corrected chi connectivity index (χ3v) is 3.57. The predicted octanol–water partition coefficient (Wildman–Crippen LogP) is 3.15. The van der Waals surface area contributed by atoms with E-state index in [0.717, 1.165) is 24.1 Å². The van der Waals surface area contributed by atoms with Gasteiger partial charge in [-0.1, -0.05) is 19.4 Å². The minimum atomic E-state index is -0.161. The van der Waals surface area contributed by atoms with Gasteiger partial charge in [-0.15, -0.1) is 11.3 Å². The second kappa shape index (κ2) is 7.00. The van der Waals surface area contributed by atoms with Gasteiger partial charge in [0.25, 0.3) is 0 Å². The van der Waals surface area contributed by atoms with Gasteiger partial charge in [0.1, 0.15) is 0 Å². The number of hydrogen-bond acceptors (Lipinski definition) is 4. The van der Waals surface area contributed by atoms with Crippen LogP contribution < -0.4 is 5.32 Å². The normalized spacial score (nSPS) is 10.3. The molecule has 0 aliphatic carbocycles. The molecule has 2 rings (SSSR count). The maximum atomic E-state index is 12.0. The van der Waals surface area contributed by atoms with E-state index in [9.17, 15) is 4.79 Å². The number of carbonyl (C=O) groups is 1. The molecule has 0 saturated carbocycles. The Morgan fingerprint density at radius 2 is 2.35 bits per heavy atom. The summed E-state index contributed by atoms with van der Waals surface area (Å²) >= 11 is 1.46. The molecule has 0 spiro atoms. The summed E-state index contributed by atoms with van der Waals surface area (Å²) < 4.78 is 0. The number of aryl methyl sites for hydroxylation is 1. The van der Waals surface area contributed by atoms with Crippen LogP contribution in [0.25, 0.3) is 0 Å². The molecule has 0 unspecified atom stereocenters. The molecule has 0 aliphatic rings. The second-order valence-corrected chi connectivity index (χ2v) is 5.40. The Balaban J connectivity index is 1.90. The van der Waals surface area contributed by atoms with E-state index in [2.05, 4.69) is 22.2 Å². The van der Waals surface area contributed by atoms with Gasteiger partial charge in [0.05, 0.1) is 5.69 Å². The first kappa shape index (κ1) is 14.5. The zero-order chi connectivity index (χ0) is 14.4. The monoisotopic (exact) mass is 290 g/mol. The van der Waals surface area contributed by atoms with Crippen LogP contribution in [0.2, 0.25) is 0 Å². The molecule has 2 amide bonds. The molecule has 2 aromatic rings. The van der Waals surface area contributed by atoms with E-state index in [0.29, 0.717) is 11.7 Å². The van der Waals surface area contributed by atoms with E-state index < -0.39 is 0 Å². The Bertz CT molecular complexity index is 555. The molecule has 0 aliphatic heterocycles. The standard InChI is InChI=1S/C14H18N4OS/c1-3-5-12-10-20-13(16-12)17-14(19)18(2)9-11-6-4-7-15-8-11/h4,6-8,10H,3,5,9H2,1-2H3,(H,16,17,19). The predicted molar refractivity (Wildman–Crippen MR) is 80.8 cm³/mol. The lowest BCUT2D eigenvalue weighted by Gasteiger charge is -2.16. The van der Waals surface area contributed by atoms with Crippen molar-refractivity contribution in [3.63, 3.8) is 0 Å². The molecule has 106 valence electrons. The second-order valence-electron chi connectivity index (χ2n) is 4.54. The van der Waals surface area contributed by atoms with Crippen LogP contribution in [0.15, 0.2) is 29.9 Å². The molecule has 5 nitrogen and oxygen atoms in total. The summed E-state index contributed by atoms with van der Waals surface area (Å²) in [6.45, 7) is 2.63. The van der Waals surface area contributed by atoms with Crippen molar-refractivity contribution in [3.8, 4) is 0 Å². The highest BCUT2D eigenvalue weighted by atomic mass is 32.1. The van der Waals surface area contributed by atoms with Crippen LogP contribution in [0.4, 0.5) is 9.93 Å². The first-order valence-corrected chi connectivity index (χ1v) is 7.42. The molecule has 2 aromatic heterocycles. The van der Waals surface area contributed by atoms with Crippen LogP contribution in [0.5, 0.6) is 0 Å². The lowest BCUT2D eigenvalue weighted by molar-refractivity contribution is 0.220. The maximum absolute atomic E-state index is 12.0. The van der Waals surface area contributed by atoms with Gasteiger partial charge in [-0.3, -0.25) is 10.3 Å². The van der Waals surface area contributed by atoms with Crippen molar-refractivity contribution in [3.05, 3.63) is 41.2 Å². The van der Waals surface area contributed by atoms with Crippen molar-refractivity contribution in [1.82, 2.24) is 14.9 Å². The Hall–Kier alpha value is -1.95. The van der Waals surface area contributed by atoms with Crippen molar-refractivity contribution in [2.24, 2.45) is 0 Å². The molecule has 0 saturated heterocycles. The maximum Gasteiger partial charge on any atom is 0.323 e. The van der Waals surface area contributed by atoms with Gasteiger partial charge < -0.3 is 4.90 Å². The number of pyridine rings is 1. The summed E-state index contributed by atoms with van der Waals surface area (Å²) in [6.07, 6.45) is 5.47. The highest BCUT2D eigenvalue weighted by Gasteiger charge is 2.11. The van der Waals surface area contributed by atoms with Crippen LogP contribution in [0.1, 0.15) is 24.6 Å². The van der Waals surface area contributed by atoms with Crippen LogP contribution in [-0.2, 0) is 13.0 Å². The number of rotatable bonds is 5. The molecule has 0 fully saturated rings. The minimum absolute atomic E-state index is 0.161. The van der Waals surface area contributed by atoms with E-state index in [1.54, 1.807) is 24.3 Å².